The molecule has 326 valence electrons. The number of fused-ring (bicyclic) bond motifs is 15. The molecule has 0 bridgehead atoms. The van der Waals surface area contributed by atoms with Gasteiger partial charge in [0.15, 0.2) is 0 Å². The van der Waals surface area contributed by atoms with Crippen LogP contribution in [0.15, 0.2) is 261 Å². The smallest absolute Gasteiger partial charge is 0.0754 e. The van der Waals surface area contributed by atoms with Gasteiger partial charge >= 0.3 is 0 Å². The normalized spacial score (nSPS) is 13.2. The number of rotatable bonds is 5. The van der Waals surface area contributed by atoms with Crippen LogP contribution in [0.3, 0.4) is 0 Å². The SMILES string of the molecule is c1ccc(N2c3ccccc3C3(c4cc(-c5ccc6c(c5)c5ccccc5n6-c5ccccc5)ccc4-c4ccc(-c5ccc6c(c5)c5ccccc5n6-c5ccccc5)cc43)c3ccccc32)cc1. The molecule has 0 atom stereocenters. The van der Waals surface area contributed by atoms with Crippen molar-refractivity contribution < 1.29 is 0 Å². The predicted molar refractivity (Wildman–Crippen MR) is 292 cm³/mol. The molecule has 0 radical (unpaired) electrons. The maximum absolute atomic E-state index is 2.52. The first-order chi connectivity index (χ1) is 34.7. The third-order valence-corrected chi connectivity index (χ3v) is 15.3. The summed E-state index contributed by atoms with van der Waals surface area (Å²) in [4.78, 5) is 2.47. The molecule has 0 saturated heterocycles. The molecular weight excluding hydrogens is 847 g/mol. The maximum Gasteiger partial charge on any atom is 0.0754 e. The predicted octanol–water partition coefficient (Wildman–Crippen LogP) is 17.4. The fourth-order valence-electron chi connectivity index (χ4n) is 12.4. The quantitative estimate of drug-likeness (QED) is 0.168. The van der Waals surface area contributed by atoms with Gasteiger partial charge in [0.25, 0.3) is 0 Å². The monoisotopic (exact) mass is 889 g/mol. The zero-order valence-electron chi connectivity index (χ0n) is 38.2. The van der Waals surface area contributed by atoms with E-state index >= 15 is 0 Å². The Bertz CT molecular complexity index is 3980. The molecule has 3 heteroatoms. The van der Waals surface area contributed by atoms with E-state index in [0.29, 0.717) is 0 Å². The summed E-state index contributed by atoms with van der Waals surface area (Å²) in [5.74, 6) is 0. The van der Waals surface area contributed by atoms with Gasteiger partial charge in [0, 0.05) is 38.6 Å². The Morgan fingerprint density at radius 2 is 0.600 bits per heavy atom. The fraction of sp³-hybridized carbons (Fsp3) is 0.0149. The molecule has 2 aromatic heterocycles. The molecule has 0 saturated carbocycles. The number of aromatic nitrogens is 2. The second-order valence-corrected chi connectivity index (χ2v) is 18.8. The first kappa shape index (κ1) is 38.9. The van der Waals surface area contributed by atoms with E-state index in [-0.39, 0.29) is 0 Å². The minimum absolute atomic E-state index is 0.629. The van der Waals surface area contributed by atoms with Gasteiger partial charge in [0.1, 0.15) is 0 Å². The number of anilines is 3. The summed E-state index contributed by atoms with van der Waals surface area (Å²) in [7, 11) is 0. The highest BCUT2D eigenvalue weighted by molar-refractivity contribution is 6.12. The third-order valence-electron chi connectivity index (χ3n) is 15.3. The summed E-state index contributed by atoms with van der Waals surface area (Å²) in [6, 6.07) is 96.8. The van der Waals surface area contributed by atoms with Crippen LogP contribution in [0.1, 0.15) is 22.3 Å². The van der Waals surface area contributed by atoms with Crippen molar-refractivity contribution in [3.63, 3.8) is 0 Å². The van der Waals surface area contributed by atoms with Crippen molar-refractivity contribution in [2.24, 2.45) is 0 Å². The minimum atomic E-state index is -0.629. The Hall–Kier alpha value is -9.18. The lowest BCUT2D eigenvalue weighted by Crippen LogP contribution is -2.36. The van der Waals surface area contributed by atoms with E-state index in [9.17, 15) is 0 Å². The summed E-state index contributed by atoms with van der Waals surface area (Å²) < 4.78 is 4.79. The minimum Gasteiger partial charge on any atom is -0.310 e. The molecule has 11 aromatic carbocycles. The summed E-state index contributed by atoms with van der Waals surface area (Å²) in [5.41, 5.74) is 22.5. The first-order valence-corrected chi connectivity index (χ1v) is 24.3. The van der Waals surface area contributed by atoms with E-state index in [4.69, 9.17) is 0 Å². The largest absolute Gasteiger partial charge is 0.310 e. The number of benzene rings is 11. The third kappa shape index (κ3) is 5.40. The van der Waals surface area contributed by atoms with E-state index in [1.807, 2.05) is 0 Å². The molecule has 0 unspecified atom stereocenters. The average molecular weight is 890 g/mol. The lowest BCUT2D eigenvalue weighted by Gasteiger charge is -2.45. The fourth-order valence-corrected chi connectivity index (χ4v) is 12.4. The molecule has 2 aliphatic rings. The number of para-hydroxylation sites is 7. The van der Waals surface area contributed by atoms with Crippen LogP contribution in [0.25, 0.3) is 88.4 Å². The Balaban J connectivity index is 0.974. The molecule has 3 nitrogen and oxygen atoms in total. The van der Waals surface area contributed by atoms with Crippen LogP contribution in [0, 0.1) is 0 Å². The highest BCUT2D eigenvalue weighted by Crippen LogP contribution is 2.64. The average Bonchev–Trinajstić information content (AvgIpc) is 4.05. The molecule has 1 spiro atoms. The van der Waals surface area contributed by atoms with Gasteiger partial charge in [-0.25, -0.2) is 0 Å². The van der Waals surface area contributed by atoms with E-state index in [1.54, 1.807) is 0 Å². The van der Waals surface area contributed by atoms with Gasteiger partial charge in [-0.05, 0) is 153 Å². The highest BCUT2D eigenvalue weighted by atomic mass is 15.2. The number of hydrogen-bond acceptors (Lipinski definition) is 1. The van der Waals surface area contributed by atoms with Crippen LogP contribution in [-0.2, 0) is 5.41 Å². The Morgan fingerprint density at radius 1 is 0.243 bits per heavy atom. The van der Waals surface area contributed by atoms with Crippen molar-refractivity contribution >= 4 is 60.7 Å². The zero-order valence-corrected chi connectivity index (χ0v) is 38.2. The van der Waals surface area contributed by atoms with Crippen molar-refractivity contribution in [3.8, 4) is 44.8 Å². The zero-order chi connectivity index (χ0) is 45.9. The van der Waals surface area contributed by atoms with Gasteiger partial charge in [-0.3, -0.25) is 0 Å². The molecular formula is C67H43N3. The van der Waals surface area contributed by atoms with Crippen molar-refractivity contribution in [2.45, 2.75) is 5.41 Å². The summed E-state index contributed by atoms with van der Waals surface area (Å²) in [6.45, 7) is 0. The lowest BCUT2D eigenvalue weighted by molar-refractivity contribution is 0.753. The van der Waals surface area contributed by atoms with Gasteiger partial charge < -0.3 is 14.0 Å². The van der Waals surface area contributed by atoms with E-state index in [2.05, 4.69) is 275 Å². The summed E-state index contributed by atoms with van der Waals surface area (Å²) in [5, 5.41) is 4.99. The molecule has 1 aliphatic carbocycles. The Labute approximate surface area is 406 Å². The standard InChI is InChI=1S/C67H43N3/c1-4-18-48(19-5-1)68-61-28-14-10-24-53(61)55-40-44(34-38-63(55)68)46-32-36-51-52-37-33-47(45-35-39-64-56(41-45)54-25-11-15-29-62(54)69(64)49-20-6-2-7-21-49)43-60(52)67(59(51)42-46)57-26-12-16-30-65(57)70(50-22-8-3-9-23-50)66-31-17-13-27-58(66)67/h1-43H. The molecule has 3 heterocycles. The van der Waals surface area contributed by atoms with Gasteiger partial charge in [0.05, 0.1) is 38.9 Å². The van der Waals surface area contributed by atoms with Crippen LogP contribution in [0.4, 0.5) is 17.1 Å². The molecule has 15 rings (SSSR count). The lowest BCUT2D eigenvalue weighted by atomic mass is 9.64. The molecule has 1 aliphatic heterocycles. The van der Waals surface area contributed by atoms with Crippen molar-refractivity contribution in [3.05, 3.63) is 283 Å². The van der Waals surface area contributed by atoms with Crippen LogP contribution >= 0.6 is 0 Å². The van der Waals surface area contributed by atoms with E-state index in [1.165, 1.54) is 111 Å². The topological polar surface area (TPSA) is 13.1 Å². The molecule has 13 aromatic rings. The maximum atomic E-state index is 2.52. The van der Waals surface area contributed by atoms with Crippen LogP contribution < -0.4 is 4.90 Å². The second kappa shape index (κ2) is 14.9. The van der Waals surface area contributed by atoms with Gasteiger partial charge in [-0.2, -0.15) is 0 Å². The molecule has 0 amide bonds. The number of hydrogen-bond donors (Lipinski definition) is 0. The highest BCUT2D eigenvalue weighted by Gasteiger charge is 2.52. The van der Waals surface area contributed by atoms with Gasteiger partial charge in [-0.15, -0.1) is 0 Å². The van der Waals surface area contributed by atoms with Crippen molar-refractivity contribution in [1.82, 2.24) is 9.13 Å². The summed E-state index contributed by atoms with van der Waals surface area (Å²) >= 11 is 0. The van der Waals surface area contributed by atoms with Crippen LogP contribution in [-0.4, -0.2) is 9.13 Å². The van der Waals surface area contributed by atoms with Crippen LogP contribution in [0.2, 0.25) is 0 Å². The summed E-state index contributed by atoms with van der Waals surface area (Å²) in [6.07, 6.45) is 0. The molecule has 0 N–H and O–H groups in total. The van der Waals surface area contributed by atoms with Gasteiger partial charge in [0.2, 0.25) is 0 Å². The van der Waals surface area contributed by atoms with Crippen molar-refractivity contribution in [1.29, 1.82) is 0 Å². The van der Waals surface area contributed by atoms with Crippen LogP contribution in [0.5, 0.6) is 0 Å². The van der Waals surface area contributed by atoms with Gasteiger partial charge in [-0.1, -0.05) is 164 Å². The van der Waals surface area contributed by atoms with E-state index in [0.717, 1.165) is 17.1 Å². The van der Waals surface area contributed by atoms with Crippen molar-refractivity contribution in [2.75, 3.05) is 4.90 Å². The molecule has 70 heavy (non-hydrogen) atoms. The number of nitrogens with zero attached hydrogens (tertiary/aromatic N) is 3. The first-order valence-electron chi connectivity index (χ1n) is 24.3. The Morgan fingerprint density at radius 3 is 1.07 bits per heavy atom. The van der Waals surface area contributed by atoms with E-state index < -0.39 is 5.41 Å². The second-order valence-electron chi connectivity index (χ2n) is 18.8. The Kier molecular flexibility index (Phi) is 8.28. The molecule has 0 fully saturated rings.